The molecule has 0 saturated carbocycles. The molecule has 1 aromatic rings. The molecule has 0 bridgehead atoms. The Morgan fingerprint density at radius 1 is 1.24 bits per heavy atom. The number of ether oxygens (including phenoxy) is 1. The summed E-state index contributed by atoms with van der Waals surface area (Å²) >= 11 is 0. The fraction of sp³-hybridized carbons (Fsp3) is 0.524. The smallest absolute Gasteiger partial charge is 0.271 e. The topological polar surface area (TPSA) is 88.1 Å². The van der Waals surface area contributed by atoms with Gasteiger partial charge in [-0.05, 0) is 49.5 Å². The molecule has 3 rings (SSSR count). The minimum atomic E-state index is -3.64. The van der Waals surface area contributed by atoms with Crippen LogP contribution in [-0.2, 0) is 14.8 Å². The van der Waals surface area contributed by atoms with Gasteiger partial charge < -0.3 is 4.74 Å². The number of allylic oxidation sites excluding steroid dienone is 2. The molecule has 1 amide bonds. The van der Waals surface area contributed by atoms with Gasteiger partial charge in [-0.1, -0.05) is 31.9 Å². The third-order valence-corrected chi connectivity index (χ3v) is 7.08. The van der Waals surface area contributed by atoms with Crippen molar-refractivity contribution in [2.75, 3.05) is 26.3 Å². The molecule has 1 aliphatic carbocycles. The summed E-state index contributed by atoms with van der Waals surface area (Å²) in [7, 11) is -3.64. The Morgan fingerprint density at radius 2 is 2.03 bits per heavy atom. The SMILES string of the molecule is CCCCCC1=CCCC1=NNC(=O)c1cccc(S(=O)(=O)N2CCOCC2)c1. The van der Waals surface area contributed by atoms with Gasteiger partial charge in [0.2, 0.25) is 10.0 Å². The zero-order valence-corrected chi connectivity index (χ0v) is 17.7. The average molecular weight is 420 g/mol. The Hall–Kier alpha value is -2.03. The summed E-state index contributed by atoms with van der Waals surface area (Å²) in [5.41, 5.74) is 5.01. The van der Waals surface area contributed by atoms with E-state index in [1.54, 1.807) is 12.1 Å². The van der Waals surface area contributed by atoms with Crippen LogP contribution in [0.2, 0.25) is 0 Å². The molecule has 0 atom stereocenters. The number of sulfonamides is 1. The molecule has 0 radical (unpaired) electrons. The van der Waals surface area contributed by atoms with E-state index in [-0.39, 0.29) is 10.5 Å². The molecule has 8 heteroatoms. The van der Waals surface area contributed by atoms with E-state index in [0.717, 1.165) is 31.4 Å². The van der Waals surface area contributed by atoms with Gasteiger partial charge in [0.05, 0.1) is 23.8 Å². The van der Waals surface area contributed by atoms with Crippen LogP contribution in [-0.4, -0.2) is 50.6 Å². The number of nitrogens with one attached hydrogen (secondary N) is 1. The number of benzene rings is 1. The summed E-state index contributed by atoms with van der Waals surface area (Å²) in [4.78, 5) is 12.7. The summed E-state index contributed by atoms with van der Waals surface area (Å²) < 4.78 is 32.2. The van der Waals surface area contributed by atoms with Crippen LogP contribution in [0.25, 0.3) is 0 Å². The number of amides is 1. The number of unbranched alkanes of at least 4 members (excludes halogenated alkanes) is 2. The van der Waals surface area contributed by atoms with Gasteiger partial charge in [-0.25, -0.2) is 13.8 Å². The highest BCUT2D eigenvalue weighted by Gasteiger charge is 2.27. The van der Waals surface area contributed by atoms with Gasteiger partial charge >= 0.3 is 0 Å². The lowest BCUT2D eigenvalue weighted by molar-refractivity contribution is 0.0730. The second-order valence-electron chi connectivity index (χ2n) is 7.27. The van der Waals surface area contributed by atoms with Gasteiger partial charge in [0, 0.05) is 18.7 Å². The molecule has 29 heavy (non-hydrogen) atoms. The maximum Gasteiger partial charge on any atom is 0.271 e. The number of hydrogen-bond donors (Lipinski definition) is 1. The highest BCUT2D eigenvalue weighted by molar-refractivity contribution is 7.89. The van der Waals surface area contributed by atoms with Crippen LogP contribution < -0.4 is 5.43 Å². The fourth-order valence-corrected chi connectivity index (χ4v) is 4.97. The number of morpholine rings is 1. The van der Waals surface area contributed by atoms with Crippen LogP contribution in [0.4, 0.5) is 0 Å². The quantitative estimate of drug-likeness (QED) is 0.518. The van der Waals surface area contributed by atoms with Gasteiger partial charge in [-0.3, -0.25) is 4.79 Å². The number of nitrogens with zero attached hydrogens (tertiary/aromatic N) is 2. The first kappa shape index (κ1) is 21.7. The summed E-state index contributed by atoms with van der Waals surface area (Å²) in [6.45, 7) is 3.57. The maximum absolute atomic E-state index is 12.8. The second-order valence-corrected chi connectivity index (χ2v) is 9.21. The van der Waals surface area contributed by atoms with Crippen LogP contribution in [0.15, 0.2) is 45.9 Å². The van der Waals surface area contributed by atoms with Gasteiger partial charge in [-0.15, -0.1) is 0 Å². The molecule has 0 spiro atoms. The molecule has 7 nitrogen and oxygen atoms in total. The highest BCUT2D eigenvalue weighted by atomic mass is 32.2. The van der Waals surface area contributed by atoms with Crippen molar-refractivity contribution in [3.8, 4) is 0 Å². The van der Waals surface area contributed by atoms with Crippen molar-refractivity contribution in [3.05, 3.63) is 41.5 Å². The van der Waals surface area contributed by atoms with E-state index < -0.39 is 15.9 Å². The van der Waals surface area contributed by atoms with Crippen LogP contribution in [0.5, 0.6) is 0 Å². The lowest BCUT2D eigenvalue weighted by Crippen LogP contribution is -2.40. The van der Waals surface area contributed by atoms with E-state index >= 15 is 0 Å². The minimum absolute atomic E-state index is 0.112. The third-order valence-electron chi connectivity index (χ3n) is 5.19. The van der Waals surface area contributed by atoms with E-state index in [1.165, 1.54) is 34.9 Å². The second kappa shape index (κ2) is 10.1. The number of carbonyl (C=O) groups is 1. The van der Waals surface area contributed by atoms with E-state index in [1.807, 2.05) is 0 Å². The van der Waals surface area contributed by atoms with Crippen LogP contribution >= 0.6 is 0 Å². The Morgan fingerprint density at radius 3 is 2.79 bits per heavy atom. The first-order chi connectivity index (χ1) is 14.0. The number of rotatable bonds is 8. The maximum atomic E-state index is 12.8. The number of hydrogen-bond acceptors (Lipinski definition) is 5. The highest BCUT2D eigenvalue weighted by Crippen LogP contribution is 2.21. The normalized spacial score (nSPS) is 19.3. The Kier molecular flexibility index (Phi) is 7.57. The van der Waals surface area contributed by atoms with E-state index in [9.17, 15) is 13.2 Å². The van der Waals surface area contributed by atoms with Crippen molar-refractivity contribution in [2.45, 2.75) is 50.3 Å². The summed E-state index contributed by atoms with van der Waals surface area (Å²) in [6, 6.07) is 6.10. The third kappa shape index (κ3) is 5.52. The molecule has 158 valence electrons. The molecule has 1 saturated heterocycles. The van der Waals surface area contributed by atoms with Gasteiger partial charge in [-0.2, -0.15) is 9.41 Å². The molecule has 1 aromatic carbocycles. The molecule has 1 heterocycles. The molecule has 1 N–H and O–H groups in total. The first-order valence-corrected chi connectivity index (χ1v) is 11.7. The average Bonchev–Trinajstić information content (AvgIpc) is 3.20. The van der Waals surface area contributed by atoms with Crippen LogP contribution in [0, 0.1) is 0 Å². The summed E-state index contributed by atoms with van der Waals surface area (Å²) in [5.74, 6) is -0.406. The molecule has 2 aliphatic rings. The van der Waals surface area contributed by atoms with Crippen molar-refractivity contribution in [1.82, 2.24) is 9.73 Å². The molecular weight excluding hydrogens is 390 g/mol. The standard InChI is InChI=1S/C21H29N3O4S/c1-2-3-4-7-17-8-6-11-20(17)22-23-21(25)18-9-5-10-19(16-18)29(26,27)24-12-14-28-15-13-24/h5,8-10,16H,2-4,6-7,11-15H2,1H3,(H,23,25). The summed E-state index contributed by atoms with van der Waals surface area (Å²) in [6.07, 6.45) is 8.42. The molecular formula is C21H29N3O4S. The van der Waals surface area contributed by atoms with E-state index in [2.05, 4.69) is 23.5 Å². The number of hydrazone groups is 1. The number of carbonyl (C=O) groups excluding carboxylic acids is 1. The predicted octanol–water partition coefficient (Wildman–Crippen LogP) is 3.09. The molecule has 1 fully saturated rings. The van der Waals surface area contributed by atoms with E-state index in [4.69, 9.17) is 4.74 Å². The minimum Gasteiger partial charge on any atom is -0.379 e. The lowest BCUT2D eigenvalue weighted by atomic mass is 10.1. The van der Waals surface area contributed by atoms with Gasteiger partial charge in [0.15, 0.2) is 0 Å². The van der Waals surface area contributed by atoms with Crippen LogP contribution in [0.1, 0.15) is 55.8 Å². The summed E-state index contributed by atoms with van der Waals surface area (Å²) in [5, 5.41) is 4.31. The van der Waals surface area contributed by atoms with Gasteiger partial charge in [0.1, 0.15) is 0 Å². The fourth-order valence-electron chi connectivity index (χ4n) is 3.52. The molecule has 0 unspecified atom stereocenters. The zero-order chi connectivity index (χ0) is 20.7. The molecule has 1 aliphatic heterocycles. The Bertz CT molecular complexity index is 887. The molecule has 0 aromatic heterocycles. The lowest BCUT2D eigenvalue weighted by Gasteiger charge is -2.26. The predicted molar refractivity (Wildman–Crippen MR) is 112 cm³/mol. The van der Waals surface area contributed by atoms with Crippen molar-refractivity contribution in [1.29, 1.82) is 0 Å². The Balaban J connectivity index is 1.67. The van der Waals surface area contributed by atoms with Crippen molar-refractivity contribution < 1.29 is 17.9 Å². The van der Waals surface area contributed by atoms with Crippen LogP contribution in [0.3, 0.4) is 0 Å². The largest absolute Gasteiger partial charge is 0.379 e. The first-order valence-electron chi connectivity index (χ1n) is 10.3. The van der Waals surface area contributed by atoms with Crippen molar-refractivity contribution in [2.24, 2.45) is 5.10 Å². The van der Waals surface area contributed by atoms with E-state index in [0.29, 0.717) is 26.3 Å². The van der Waals surface area contributed by atoms with Gasteiger partial charge in [0.25, 0.3) is 5.91 Å². The monoisotopic (exact) mass is 419 g/mol. The van der Waals surface area contributed by atoms with Crippen molar-refractivity contribution in [3.63, 3.8) is 0 Å². The Labute approximate surface area is 172 Å². The zero-order valence-electron chi connectivity index (χ0n) is 16.9. The van der Waals surface area contributed by atoms with Crippen molar-refractivity contribution >= 4 is 21.6 Å².